The molecule has 1 aromatic carbocycles. The van der Waals surface area contributed by atoms with Crippen molar-refractivity contribution in [2.75, 3.05) is 0 Å². The summed E-state index contributed by atoms with van der Waals surface area (Å²) in [6.07, 6.45) is 0. The fraction of sp³-hybridized carbons (Fsp3) is 0.143. The van der Waals surface area contributed by atoms with Crippen LogP contribution in [0.2, 0.25) is 0 Å². The molecule has 2 nitrogen and oxygen atoms in total. The van der Waals surface area contributed by atoms with Gasteiger partial charge in [-0.25, -0.2) is 0 Å². The molecule has 58 valence electrons. The summed E-state index contributed by atoms with van der Waals surface area (Å²) in [6, 6.07) is 7.59. The molecule has 4 heteroatoms. The van der Waals surface area contributed by atoms with Crippen molar-refractivity contribution < 1.29 is 9.78 Å². The van der Waals surface area contributed by atoms with E-state index in [9.17, 15) is 0 Å². The monoisotopic (exact) mass is 278 g/mol. The first-order valence-corrected chi connectivity index (χ1v) is 4.62. The molecule has 0 atom stereocenters. The summed E-state index contributed by atoms with van der Waals surface area (Å²) in [5, 5.41) is 0. The van der Waals surface area contributed by atoms with E-state index in [2.05, 4.69) is 31.9 Å². The maximum absolute atomic E-state index is 4.94. The minimum Gasteiger partial charge on any atom is -0.334 e. The first-order chi connectivity index (χ1) is 5.20. The number of para-hydroxylation sites is 1. The van der Waals surface area contributed by atoms with Gasteiger partial charge in [0.1, 0.15) is 0 Å². The lowest BCUT2D eigenvalue weighted by atomic mass is 10.2. The molecule has 0 unspecified atom stereocenters. The Bertz CT molecular complexity index is 286. The summed E-state index contributed by atoms with van der Waals surface area (Å²) >= 11 is 6.62. The number of halogens is 2. The van der Waals surface area contributed by atoms with Crippen LogP contribution in [0, 0.1) is 0 Å². The van der Waals surface area contributed by atoms with Gasteiger partial charge in [0, 0.05) is 0 Å². The molecule has 0 bridgehead atoms. The summed E-state index contributed by atoms with van der Waals surface area (Å²) in [5.74, 6) is 0.737. The standard InChI is InChI=1S/C7H4Br2O2/c8-7(9)5-3-1-2-4-6(5)10-11-7/h1-4H. The van der Waals surface area contributed by atoms with E-state index in [1.165, 1.54) is 0 Å². The van der Waals surface area contributed by atoms with Gasteiger partial charge in [0.25, 0.3) is 3.42 Å². The Balaban J connectivity index is 2.56. The summed E-state index contributed by atoms with van der Waals surface area (Å²) in [5.41, 5.74) is 0.944. The van der Waals surface area contributed by atoms with E-state index >= 15 is 0 Å². The molecule has 0 fully saturated rings. The van der Waals surface area contributed by atoms with Crippen LogP contribution in [0.25, 0.3) is 0 Å². The van der Waals surface area contributed by atoms with E-state index in [1.54, 1.807) is 0 Å². The highest BCUT2D eigenvalue weighted by Gasteiger charge is 2.37. The highest BCUT2D eigenvalue weighted by Crippen LogP contribution is 2.48. The molecule has 0 aromatic heterocycles. The van der Waals surface area contributed by atoms with Gasteiger partial charge < -0.3 is 4.89 Å². The molecule has 1 aliphatic heterocycles. The maximum atomic E-state index is 4.94. The number of fused-ring (bicyclic) bond motifs is 1. The zero-order chi connectivity index (χ0) is 7.90. The largest absolute Gasteiger partial charge is 0.334 e. The van der Waals surface area contributed by atoms with Crippen molar-refractivity contribution in [3.8, 4) is 5.75 Å². The summed E-state index contributed by atoms with van der Waals surface area (Å²) in [6.45, 7) is 0. The van der Waals surface area contributed by atoms with Gasteiger partial charge in [-0.1, -0.05) is 18.2 Å². The molecule has 0 spiro atoms. The molecule has 1 aliphatic rings. The molecule has 1 heterocycles. The third-order valence-corrected chi connectivity index (χ3v) is 2.56. The molecule has 0 radical (unpaired) electrons. The minimum atomic E-state index is -0.670. The van der Waals surface area contributed by atoms with Gasteiger partial charge >= 0.3 is 0 Å². The molecule has 0 aliphatic carbocycles. The van der Waals surface area contributed by atoms with Crippen molar-refractivity contribution in [2.24, 2.45) is 0 Å². The summed E-state index contributed by atoms with van der Waals surface area (Å²) < 4.78 is -0.670. The van der Waals surface area contributed by atoms with E-state index in [-0.39, 0.29) is 0 Å². The predicted molar refractivity (Wildman–Crippen MR) is 47.7 cm³/mol. The Morgan fingerprint density at radius 3 is 2.64 bits per heavy atom. The van der Waals surface area contributed by atoms with Crippen LogP contribution < -0.4 is 4.89 Å². The van der Waals surface area contributed by atoms with E-state index in [0.717, 1.165) is 11.3 Å². The van der Waals surface area contributed by atoms with Crippen molar-refractivity contribution in [1.82, 2.24) is 0 Å². The van der Waals surface area contributed by atoms with Crippen LogP contribution in [-0.4, -0.2) is 0 Å². The molecule has 0 N–H and O–H groups in total. The number of hydrogen-bond acceptors (Lipinski definition) is 2. The first kappa shape index (κ1) is 7.58. The molecule has 0 amide bonds. The van der Waals surface area contributed by atoms with Gasteiger partial charge in [0.15, 0.2) is 5.75 Å². The van der Waals surface area contributed by atoms with Gasteiger partial charge in [0.2, 0.25) is 0 Å². The smallest absolute Gasteiger partial charge is 0.252 e. The average Bonchev–Trinajstić information content (AvgIpc) is 2.29. The normalized spacial score (nSPS) is 19.1. The van der Waals surface area contributed by atoms with Crippen molar-refractivity contribution in [2.45, 2.75) is 3.42 Å². The lowest BCUT2D eigenvalue weighted by molar-refractivity contribution is -0.205. The van der Waals surface area contributed by atoms with Crippen LogP contribution >= 0.6 is 31.9 Å². The van der Waals surface area contributed by atoms with Gasteiger partial charge in [-0.15, -0.1) is 0 Å². The fourth-order valence-electron chi connectivity index (χ4n) is 0.922. The molecule has 1 aromatic rings. The summed E-state index contributed by atoms with van der Waals surface area (Å²) in [7, 11) is 0. The fourth-order valence-corrected chi connectivity index (χ4v) is 1.71. The number of benzene rings is 1. The third-order valence-electron chi connectivity index (χ3n) is 1.44. The molecular formula is C7H4Br2O2. The van der Waals surface area contributed by atoms with Crippen LogP contribution in [0.5, 0.6) is 5.75 Å². The average molecular weight is 280 g/mol. The quantitative estimate of drug-likeness (QED) is 0.537. The lowest BCUT2D eigenvalue weighted by Gasteiger charge is -2.07. The molecule has 11 heavy (non-hydrogen) atoms. The molecule has 2 rings (SSSR count). The predicted octanol–water partition coefficient (Wildman–Crippen LogP) is 2.91. The van der Waals surface area contributed by atoms with E-state index in [1.807, 2.05) is 24.3 Å². The lowest BCUT2D eigenvalue weighted by Crippen LogP contribution is -2.06. The zero-order valence-corrected chi connectivity index (χ0v) is 8.55. The van der Waals surface area contributed by atoms with Crippen LogP contribution in [0.1, 0.15) is 5.56 Å². The SMILES string of the molecule is BrC1(Br)OOc2ccccc21. The van der Waals surface area contributed by atoms with Gasteiger partial charge in [0.05, 0.1) is 5.56 Å². The molecular weight excluding hydrogens is 276 g/mol. The van der Waals surface area contributed by atoms with E-state index in [4.69, 9.17) is 9.78 Å². The second-order valence-corrected chi connectivity index (χ2v) is 5.48. The number of rotatable bonds is 0. The van der Waals surface area contributed by atoms with Crippen LogP contribution in [0.4, 0.5) is 0 Å². The zero-order valence-electron chi connectivity index (χ0n) is 5.38. The Kier molecular flexibility index (Phi) is 1.70. The maximum Gasteiger partial charge on any atom is 0.252 e. The number of hydrogen-bond donors (Lipinski definition) is 0. The van der Waals surface area contributed by atoms with Crippen LogP contribution in [-0.2, 0) is 8.31 Å². The highest BCUT2D eigenvalue weighted by molar-refractivity contribution is 9.24. The van der Waals surface area contributed by atoms with Crippen molar-refractivity contribution in [1.29, 1.82) is 0 Å². The van der Waals surface area contributed by atoms with E-state index in [0.29, 0.717) is 0 Å². The second kappa shape index (κ2) is 2.47. The van der Waals surface area contributed by atoms with Crippen LogP contribution in [0.15, 0.2) is 24.3 Å². The topological polar surface area (TPSA) is 18.5 Å². The summed E-state index contributed by atoms with van der Waals surface area (Å²) in [4.78, 5) is 9.86. The molecule has 0 saturated heterocycles. The van der Waals surface area contributed by atoms with Gasteiger partial charge in [-0.3, -0.25) is 0 Å². The van der Waals surface area contributed by atoms with Crippen LogP contribution in [0.3, 0.4) is 0 Å². The van der Waals surface area contributed by atoms with Gasteiger partial charge in [-0.2, -0.15) is 4.89 Å². The Labute approximate surface area is 80.7 Å². The first-order valence-electron chi connectivity index (χ1n) is 3.03. The Morgan fingerprint density at radius 1 is 1.18 bits per heavy atom. The molecule has 0 saturated carbocycles. The minimum absolute atomic E-state index is 0.670. The third kappa shape index (κ3) is 1.19. The van der Waals surface area contributed by atoms with Crippen molar-refractivity contribution in [3.05, 3.63) is 29.8 Å². The van der Waals surface area contributed by atoms with Crippen molar-refractivity contribution in [3.63, 3.8) is 0 Å². The highest BCUT2D eigenvalue weighted by atomic mass is 79.9. The van der Waals surface area contributed by atoms with E-state index < -0.39 is 3.42 Å². The Morgan fingerprint density at radius 2 is 1.91 bits per heavy atom. The Hall–Kier alpha value is -0.0600. The second-order valence-electron chi connectivity index (χ2n) is 2.18. The van der Waals surface area contributed by atoms with Gasteiger partial charge in [-0.05, 0) is 37.9 Å². The number of alkyl halides is 2. The van der Waals surface area contributed by atoms with Crippen molar-refractivity contribution >= 4 is 31.9 Å².